The molecule has 0 spiro atoms. The highest BCUT2D eigenvalue weighted by molar-refractivity contribution is 5.64. The van der Waals surface area contributed by atoms with E-state index in [2.05, 4.69) is 68.3 Å². The van der Waals surface area contributed by atoms with Crippen LogP contribution in [0.1, 0.15) is 28.6 Å². The Morgan fingerprint density at radius 3 is 1.92 bits per heavy atom. The molecule has 5 rings (SSSR count). The van der Waals surface area contributed by atoms with Crippen LogP contribution < -0.4 is 4.90 Å². The van der Waals surface area contributed by atoms with Gasteiger partial charge in [-0.2, -0.15) is 13.2 Å². The zero-order chi connectivity index (χ0) is 25.1. The maximum atomic E-state index is 13.2. The van der Waals surface area contributed by atoms with E-state index in [9.17, 15) is 13.2 Å². The van der Waals surface area contributed by atoms with E-state index in [4.69, 9.17) is 0 Å². The molecule has 36 heavy (non-hydrogen) atoms. The predicted molar refractivity (Wildman–Crippen MR) is 136 cm³/mol. The Kier molecular flexibility index (Phi) is 6.74. The van der Waals surface area contributed by atoms with Crippen molar-refractivity contribution in [3.05, 3.63) is 114 Å². The van der Waals surface area contributed by atoms with Crippen LogP contribution in [0.25, 0.3) is 11.3 Å². The SMILES string of the molecule is Cc1nc(-c2cccc(C(F)(F)F)c2)cc(N2CCN(C(c3ccccc3)c3ccccc3)CC2)n1. The van der Waals surface area contributed by atoms with E-state index >= 15 is 0 Å². The number of hydrogen-bond acceptors (Lipinski definition) is 4. The van der Waals surface area contributed by atoms with Gasteiger partial charge < -0.3 is 4.90 Å². The molecule has 1 fully saturated rings. The summed E-state index contributed by atoms with van der Waals surface area (Å²) in [6.07, 6.45) is -4.40. The van der Waals surface area contributed by atoms with Gasteiger partial charge in [0.1, 0.15) is 11.6 Å². The lowest BCUT2D eigenvalue weighted by atomic mass is 9.96. The van der Waals surface area contributed by atoms with Crippen LogP contribution in [-0.2, 0) is 6.18 Å². The first kappa shape index (κ1) is 24.0. The lowest BCUT2D eigenvalue weighted by molar-refractivity contribution is -0.137. The fraction of sp³-hybridized carbons (Fsp3) is 0.241. The third-order valence-electron chi connectivity index (χ3n) is 6.54. The molecule has 3 aromatic carbocycles. The van der Waals surface area contributed by atoms with Crippen molar-refractivity contribution >= 4 is 5.82 Å². The summed E-state index contributed by atoms with van der Waals surface area (Å²) in [6.45, 7) is 4.95. The number of alkyl halides is 3. The number of nitrogens with zero attached hydrogens (tertiary/aromatic N) is 4. The average molecular weight is 489 g/mol. The van der Waals surface area contributed by atoms with Crippen LogP contribution in [0.15, 0.2) is 91.0 Å². The Labute approximate surface area is 209 Å². The highest BCUT2D eigenvalue weighted by Gasteiger charge is 2.31. The molecule has 0 N–H and O–H groups in total. The van der Waals surface area contributed by atoms with Gasteiger partial charge in [-0.3, -0.25) is 4.90 Å². The molecule has 0 aliphatic carbocycles. The van der Waals surface area contributed by atoms with E-state index in [1.54, 1.807) is 19.1 Å². The molecule has 184 valence electrons. The van der Waals surface area contributed by atoms with Gasteiger partial charge in [-0.25, -0.2) is 9.97 Å². The van der Waals surface area contributed by atoms with Crippen LogP contribution in [0.2, 0.25) is 0 Å². The summed E-state index contributed by atoms with van der Waals surface area (Å²) in [5, 5.41) is 0. The molecule has 0 amide bonds. The molecule has 0 atom stereocenters. The van der Waals surface area contributed by atoms with E-state index in [-0.39, 0.29) is 6.04 Å². The van der Waals surface area contributed by atoms with E-state index in [1.807, 2.05) is 12.1 Å². The number of aromatic nitrogens is 2. The van der Waals surface area contributed by atoms with E-state index in [0.717, 1.165) is 44.1 Å². The minimum Gasteiger partial charge on any atom is -0.354 e. The minimum absolute atomic E-state index is 0.155. The smallest absolute Gasteiger partial charge is 0.354 e. The van der Waals surface area contributed by atoms with Crippen LogP contribution >= 0.6 is 0 Å². The molecule has 0 unspecified atom stereocenters. The van der Waals surface area contributed by atoms with Gasteiger partial charge >= 0.3 is 6.18 Å². The Morgan fingerprint density at radius 2 is 1.33 bits per heavy atom. The van der Waals surface area contributed by atoms with Crippen molar-refractivity contribution < 1.29 is 13.2 Å². The molecule has 1 aromatic heterocycles. The van der Waals surface area contributed by atoms with Crippen molar-refractivity contribution in [1.29, 1.82) is 0 Å². The normalized spacial score (nSPS) is 14.9. The maximum Gasteiger partial charge on any atom is 0.416 e. The second-order valence-corrected chi connectivity index (χ2v) is 8.98. The summed E-state index contributed by atoms with van der Waals surface area (Å²) in [7, 11) is 0. The van der Waals surface area contributed by atoms with Gasteiger partial charge in [0.15, 0.2) is 0 Å². The van der Waals surface area contributed by atoms with Gasteiger partial charge in [-0.15, -0.1) is 0 Å². The number of piperazine rings is 1. The van der Waals surface area contributed by atoms with Crippen LogP contribution in [0, 0.1) is 6.92 Å². The minimum atomic E-state index is -4.40. The van der Waals surface area contributed by atoms with E-state index < -0.39 is 11.7 Å². The third kappa shape index (κ3) is 5.26. The van der Waals surface area contributed by atoms with Crippen molar-refractivity contribution in [2.75, 3.05) is 31.1 Å². The van der Waals surface area contributed by atoms with Gasteiger partial charge in [-0.05, 0) is 30.2 Å². The molecule has 0 radical (unpaired) electrons. The zero-order valence-corrected chi connectivity index (χ0v) is 20.0. The summed E-state index contributed by atoms with van der Waals surface area (Å²) in [5.74, 6) is 1.28. The zero-order valence-electron chi connectivity index (χ0n) is 20.0. The molecule has 0 saturated carbocycles. The molecule has 0 bridgehead atoms. The molecular weight excluding hydrogens is 461 g/mol. The Bertz CT molecular complexity index is 1260. The number of anilines is 1. The molecular formula is C29H27F3N4. The van der Waals surface area contributed by atoms with Crippen molar-refractivity contribution in [1.82, 2.24) is 14.9 Å². The molecule has 4 aromatic rings. The molecule has 7 heteroatoms. The molecule has 1 saturated heterocycles. The van der Waals surface area contributed by atoms with Crippen molar-refractivity contribution in [3.63, 3.8) is 0 Å². The lowest BCUT2D eigenvalue weighted by Gasteiger charge is -2.40. The van der Waals surface area contributed by atoms with Crippen LogP contribution in [0.5, 0.6) is 0 Å². The summed E-state index contributed by atoms with van der Waals surface area (Å²) >= 11 is 0. The van der Waals surface area contributed by atoms with Gasteiger partial charge in [-0.1, -0.05) is 72.8 Å². The number of hydrogen-bond donors (Lipinski definition) is 0. The van der Waals surface area contributed by atoms with Gasteiger partial charge in [0.25, 0.3) is 0 Å². The van der Waals surface area contributed by atoms with Crippen LogP contribution in [-0.4, -0.2) is 41.0 Å². The van der Waals surface area contributed by atoms with Crippen molar-refractivity contribution in [2.24, 2.45) is 0 Å². The predicted octanol–water partition coefficient (Wildman–Crippen LogP) is 6.38. The highest BCUT2D eigenvalue weighted by Crippen LogP contribution is 2.33. The van der Waals surface area contributed by atoms with Crippen LogP contribution in [0.4, 0.5) is 19.0 Å². The fourth-order valence-corrected chi connectivity index (χ4v) is 4.81. The first-order valence-corrected chi connectivity index (χ1v) is 12.0. The monoisotopic (exact) mass is 488 g/mol. The maximum absolute atomic E-state index is 13.2. The summed E-state index contributed by atoms with van der Waals surface area (Å²) in [6, 6.07) is 28.3. The third-order valence-corrected chi connectivity index (χ3v) is 6.54. The van der Waals surface area contributed by atoms with E-state index in [1.165, 1.54) is 17.2 Å². The first-order valence-electron chi connectivity index (χ1n) is 12.0. The molecule has 2 heterocycles. The quantitative estimate of drug-likeness (QED) is 0.326. The largest absolute Gasteiger partial charge is 0.416 e. The highest BCUT2D eigenvalue weighted by atomic mass is 19.4. The summed E-state index contributed by atoms with van der Waals surface area (Å²) in [5.41, 5.74) is 2.75. The molecule has 1 aliphatic heterocycles. The fourth-order valence-electron chi connectivity index (χ4n) is 4.81. The Hall–Kier alpha value is -3.71. The van der Waals surface area contributed by atoms with Crippen LogP contribution in [0.3, 0.4) is 0 Å². The molecule has 4 nitrogen and oxygen atoms in total. The number of rotatable bonds is 5. The van der Waals surface area contributed by atoms with E-state index in [0.29, 0.717) is 17.1 Å². The topological polar surface area (TPSA) is 32.3 Å². The number of aryl methyl sites for hydroxylation is 1. The van der Waals surface area contributed by atoms with Gasteiger partial charge in [0, 0.05) is 37.8 Å². The lowest BCUT2D eigenvalue weighted by Crippen LogP contribution is -2.48. The number of benzene rings is 3. The second kappa shape index (κ2) is 10.1. The van der Waals surface area contributed by atoms with Gasteiger partial charge in [0.05, 0.1) is 17.3 Å². The van der Waals surface area contributed by atoms with Gasteiger partial charge in [0.2, 0.25) is 0 Å². The number of halogens is 3. The molecule has 1 aliphatic rings. The second-order valence-electron chi connectivity index (χ2n) is 8.98. The Morgan fingerprint density at radius 1 is 0.722 bits per heavy atom. The first-order chi connectivity index (χ1) is 17.4. The average Bonchev–Trinajstić information content (AvgIpc) is 2.90. The standard InChI is InChI=1S/C29H27F3N4/c1-21-33-26(24-13-8-14-25(19-24)29(30,31)32)20-27(34-21)35-15-17-36(18-16-35)28(22-9-4-2-5-10-22)23-11-6-3-7-12-23/h2-14,19-20,28H,15-18H2,1H3. The van der Waals surface area contributed by atoms with Crippen molar-refractivity contribution in [3.8, 4) is 11.3 Å². The summed E-state index contributed by atoms with van der Waals surface area (Å²) < 4.78 is 39.7. The summed E-state index contributed by atoms with van der Waals surface area (Å²) in [4.78, 5) is 13.7. The Balaban J connectivity index is 1.37. The van der Waals surface area contributed by atoms with Crippen molar-refractivity contribution in [2.45, 2.75) is 19.1 Å².